The minimum Gasteiger partial charge on any atom is -0.317 e. The summed E-state index contributed by atoms with van der Waals surface area (Å²) in [6, 6.07) is -0.475. The zero-order valence-electron chi connectivity index (χ0n) is 13.4. The maximum Gasteiger partial charge on any atom is 0.346 e. The van der Waals surface area contributed by atoms with Crippen molar-refractivity contribution in [2.75, 3.05) is 12.3 Å². The molecule has 1 heterocycles. The van der Waals surface area contributed by atoms with Gasteiger partial charge in [0.05, 0.1) is 5.75 Å². The van der Waals surface area contributed by atoms with E-state index in [0.29, 0.717) is 13.0 Å². The van der Waals surface area contributed by atoms with E-state index < -0.39 is 15.9 Å². The molecule has 0 aliphatic carbocycles. The first-order valence-corrected chi connectivity index (χ1v) is 9.05. The molecule has 0 atom stereocenters. The lowest BCUT2D eigenvalue weighted by Gasteiger charge is -2.24. The number of carbonyl (C=O) groups is 1. The van der Waals surface area contributed by atoms with Gasteiger partial charge in [-0.15, -0.1) is 11.7 Å². The van der Waals surface area contributed by atoms with Crippen molar-refractivity contribution in [2.24, 2.45) is 0 Å². The van der Waals surface area contributed by atoms with E-state index in [2.05, 4.69) is 16.7 Å². The predicted octanol–water partition coefficient (Wildman–Crippen LogP) is 2.11. The van der Waals surface area contributed by atoms with E-state index in [1.54, 1.807) is 6.08 Å². The average Bonchev–Trinajstić information content (AvgIpc) is 2.94. The van der Waals surface area contributed by atoms with Crippen LogP contribution in [0.3, 0.4) is 0 Å². The van der Waals surface area contributed by atoms with E-state index in [1.165, 1.54) is 4.90 Å². The van der Waals surface area contributed by atoms with Crippen molar-refractivity contribution >= 4 is 15.9 Å². The number of hydrogen-bond acceptors (Lipinski definition) is 5. The van der Waals surface area contributed by atoms with Crippen LogP contribution in [0.5, 0.6) is 0 Å². The molecule has 0 aliphatic rings. The van der Waals surface area contributed by atoms with E-state index in [9.17, 15) is 13.2 Å². The summed E-state index contributed by atoms with van der Waals surface area (Å²) in [6.45, 7) is 9.69. The summed E-state index contributed by atoms with van der Waals surface area (Å²) < 4.78 is 25.2. The molecule has 0 saturated heterocycles. The molecule has 124 valence electrons. The molecule has 0 radical (unpaired) electrons. The van der Waals surface area contributed by atoms with E-state index in [1.807, 2.05) is 20.8 Å². The van der Waals surface area contributed by atoms with Crippen molar-refractivity contribution < 1.29 is 13.2 Å². The molecule has 8 heteroatoms. The molecule has 7 nitrogen and oxygen atoms in total. The van der Waals surface area contributed by atoms with Gasteiger partial charge in [-0.2, -0.15) is 4.68 Å². The lowest BCUT2D eigenvalue weighted by Crippen LogP contribution is -2.40. The molecule has 1 amide bonds. The SMILES string of the molecule is C=CCN(C(=O)n1cnc(S(=O)(=O)CCCCC)n1)C(C)C. The van der Waals surface area contributed by atoms with Crippen LogP contribution in [0.2, 0.25) is 0 Å². The van der Waals surface area contributed by atoms with E-state index in [0.717, 1.165) is 23.9 Å². The topological polar surface area (TPSA) is 85.2 Å². The quantitative estimate of drug-likeness (QED) is 0.539. The Morgan fingerprint density at radius 1 is 1.45 bits per heavy atom. The van der Waals surface area contributed by atoms with Crippen LogP contribution in [0.4, 0.5) is 4.79 Å². The first-order chi connectivity index (χ1) is 10.3. The number of amides is 1. The Kier molecular flexibility index (Phi) is 6.73. The highest BCUT2D eigenvalue weighted by Gasteiger charge is 2.23. The van der Waals surface area contributed by atoms with Gasteiger partial charge in [0.15, 0.2) is 0 Å². The van der Waals surface area contributed by atoms with Crippen molar-refractivity contribution in [3.63, 3.8) is 0 Å². The number of unbranched alkanes of at least 4 members (excludes halogenated alkanes) is 2. The second kappa shape index (κ2) is 8.07. The van der Waals surface area contributed by atoms with E-state index >= 15 is 0 Å². The highest BCUT2D eigenvalue weighted by Crippen LogP contribution is 2.09. The van der Waals surface area contributed by atoms with Crippen molar-refractivity contribution in [2.45, 2.75) is 51.2 Å². The molecule has 0 aliphatic heterocycles. The highest BCUT2D eigenvalue weighted by atomic mass is 32.2. The Balaban J connectivity index is 2.90. The Labute approximate surface area is 131 Å². The fraction of sp³-hybridized carbons (Fsp3) is 0.643. The second-order valence-electron chi connectivity index (χ2n) is 5.32. The Bertz CT molecular complexity index is 607. The number of sulfone groups is 1. The Morgan fingerprint density at radius 2 is 2.14 bits per heavy atom. The largest absolute Gasteiger partial charge is 0.346 e. The number of carbonyl (C=O) groups excluding carboxylic acids is 1. The van der Waals surface area contributed by atoms with E-state index in [4.69, 9.17) is 0 Å². The van der Waals surface area contributed by atoms with Gasteiger partial charge in [0.25, 0.3) is 5.16 Å². The number of aromatic nitrogens is 3. The molecule has 0 bridgehead atoms. The van der Waals surface area contributed by atoms with Gasteiger partial charge in [0.2, 0.25) is 9.84 Å². The predicted molar refractivity (Wildman–Crippen MR) is 84.4 cm³/mol. The average molecular weight is 328 g/mol. The summed E-state index contributed by atoms with van der Waals surface area (Å²) in [7, 11) is -3.54. The zero-order valence-corrected chi connectivity index (χ0v) is 14.2. The van der Waals surface area contributed by atoms with Crippen LogP contribution in [-0.4, -0.2) is 52.5 Å². The minimum atomic E-state index is -3.54. The maximum absolute atomic E-state index is 12.3. The zero-order chi connectivity index (χ0) is 16.8. The summed E-state index contributed by atoms with van der Waals surface area (Å²) in [6.07, 6.45) is 5.08. The molecular formula is C14H24N4O3S. The third-order valence-corrected chi connectivity index (χ3v) is 4.73. The molecule has 0 fully saturated rings. The van der Waals surface area contributed by atoms with Crippen LogP contribution in [0, 0.1) is 0 Å². The third kappa shape index (κ3) is 4.66. The Hall–Kier alpha value is -1.70. The van der Waals surface area contributed by atoms with Crippen molar-refractivity contribution in [1.29, 1.82) is 0 Å². The number of rotatable bonds is 8. The minimum absolute atomic E-state index is 0.000400. The molecule has 0 N–H and O–H groups in total. The standard InChI is InChI=1S/C14H24N4O3S/c1-5-7-8-10-22(20,21)13-15-11-18(16-13)14(19)17(9-6-2)12(3)4/h6,11-12H,2,5,7-10H2,1,3-4H3. The molecule has 22 heavy (non-hydrogen) atoms. The van der Waals surface area contributed by atoms with E-state index in [-0.39, 0.29) is 17.0 Å². The van der Waals surface area contributed by atoms with Crippen LogP contribution in [0.15, 0.2) is 24.1 Å². The fourth-order valence-corrected chi connectivity index (χ4v) is 3.08. The van der Waals surface area contributed by atoms with Gasteiger partial charge < -0.3 is 4.90 Å². The lowest BCUT2D eigenvalue weighted by atomic mass is 10.3. The molecular weight excluding hydrogens is 304 g/mol. The number of hydrogen-bond donors (Lipinski definition) is 0. The molecule has 0 saturated carbocycles. The molecule has 0 aromatic carbocycles. The maximum atomic E-state index is 12.3. The van der Waals surface area contributed by atoms with Gasteiger partial charge in [0.1, 0.15) is 6.33 Å². The third-order valence-electron chi connectivity index (χ3n) is 3.16. The van der Waals surface area contributed by atoms with Gasteiger partial charge in [-0.05, 0) is 20.3 Å². The number of nitrogens with zero attached hydrogens (tertiary/aromatic N) is 4. The molecule has 1 aromatic rings. The van der Waals surface area contributed by atoms with Crippen LogP contribution in [0.1, 0.15) is 40.0 Å². The van der Waals surface area contributed by atoms with Gasteiger partial charge in [-0.3, -0.25) is 0 Å². The molecule has 1 aromatic heterocycles. The normalized spacial score (nSPS) is 11.6. The van der Waals surface area contributed by atoms with Gasteiger partial charge in [-0.25, -0.2) is 18.2 Å². The summed E-state index contributed by atoms with van der Waals surface area (Å²) in [5.41, 5.74) is 0. The smallest absolute Gasteiger partial charge is 0.317 e. The van der Waals surface area contributed by atoms with Crippen molar-refractivity contribution in [1.82, 2.24) is 19.7 Å². The van der Waals surface area contributed by atoms with Crippen molar-refractivity contribution in [3.05, 3.63) is 19.0 Å². The van der Waals surface area contributed by atoms with Gasteiger partial charge in [0, 0.05) is 12.6 Å². The Morgan fingerprint density at radius 3 is 2.68 bits per heavy atom. The van der Waals surface area contributed by atoms with Crippen LogP contribution in [0.25, 0.3) is 0 Å². The monoisotopic (exact) mass is 328 g/mol. The first kappa shape index (κ1) is 18.3. The fourth-order valence-electron chi connectivity index (χ4n) is 1.90. The summed E-state index contributed by atoms with van der Waals surface area (Å²) in [5, 5.41) is 3.55. The lowest BCUT2D eigenvalue weighted by molar-refractivity contribution is 0.188. The van der Waals surface area contributed by atoms with Gasteiger partial charge >= 0.3 is 6.03 Å². The van der Waals surface area contributed by atoms with Crippen LogP contribution >= 0.6 is 0 Å². The summed E-state index contributed by atoms with van der Waals surface area (Å²) >= 11 is 0. The summed E-state index contributed by atoms with van der Waals surface area (Å²) in [4.78, 5) is 17.6. The molecule has 1 rings (SSSR count). The summed E-state index contributed by atoms with van der Waals surface area (Å²) in [5.74, 6) is -0.000400. The highest BCUT2D eigenvalue weighted by molar-refractivity contribution is 7.91. The molecule has 0 unspecified atom stereocenters. The van der Waals surface area contributed by atoms with Crippen LogP contribution in [-0.2, 0) is 9.84 Å². The first-order valence-electron chi connectivity index (χ1n) is 7.39. The van der Waals surface area contributed by atoms with Crippen molar-refractivity contribution in [3.8, 4) is 0 Å². The van der Waals surface area contributed by atoms with Gasteiger partial charge in [-0.1, -0.05) is 25.8 Å². The molecule has 0 spiro atoms. The second-order valence-corrected chi connectivity index (χ2v) is 7.32. The van der Waals surface area contributed by atoms with Crippen LogP contribution < -0.4 is 0 Å².